The number of carbonyl (C=O) groups is 5. The molecule has 2 atom stereocenters. The Hall–Kier alpha value is -2.91. The molecule has 0 bridgehead atoms. The molecule has 0 aromatic carbocycles. The van der Waals surface area contributed by atoms with Crippen molar-refractivity contribution in [1.29, 1.82) is 0 Å². The van der Waals surface area contributed by atoms with Gasteiger partial charge < -0.3 is 21.7 Å². The highest BCUT2D eigenvalue weighted by atomic mass is 16.2. The molecular weight excluding hydrogens is 402 g/mol. The number of rotatable bonds is 14. The molecule has 10 nitrogen and oxygen atoms in total. The van der Waals surface area contributed by atoms with Crippen LogP contribution in [-0.2, 0) is 19.2 Å². The first kappa shape index (κ1) is 26.1. The van der Waals surface area contributed by atoms with E-state index in [1.807, 2.05) is 20.8 Å². The van der Waals surface area contributed by atoms with Crippen LogP contribution in [0.25, 0.3) is 0 Å². The molecule has 0 spiro atoms. The third kappa shape index (κ3) is 10.1. The van der Waals surface area contributed by atoms with E-state index in [9.17, 15) is 24.0 Å². The third-order valence-corrected chi connectivity index (χ3v) is 4.95. The Labute approximate surface area is 183 Å². The van der Waals surface area contributed by atoms with Crippen molar-refractivity contribution in [1.82, 2.24) is 20.9 Å². The zero-order valence-corrected chi connectivity index (χ0v) is 18.6. The quantitative estimate of drug-likeness (QED) is 0.231. The summed E-state index contributed by atoms with van der Waals surface area (Å²) >= 11 is 0. The predicted octanol–water partition coefficient (Wildman–Crippen LogP) is 0.566. The summed E-state index contributed by atoms with van der Waals surface area (Å²) in [6.45, 7) is 6.38. The SMILES string of the molecule is CC(C)[C@H](NC(=O)CCCCCN1C(=O)C=CC1=O)C(=O)N[C@H](C)CCCNC(N)=O. The third-order valence-electron chi connectivity index (χ3n) is 4.95. The van der Waals surface area contributed by atoms with Crippen LogP contribution in [0.2, 0.25) is 0 Å². The van der Waals surface area contributed by atoms with Crippen molar-refractivity contribution < 1.29 is 24.0 Å². The minimum atomic E-state index is -0.635. The molecular formula is C21H35N5O5. The van der Waals surface area contributed by atoms with Gasteiger partial charge in [0.05, 0.1) is 0 Å². The molecule has 0 fully saturated rings. The number of primary amides is 1. The first-order chi connectivity index (χ1) is 14.6. The summed E-state index contributed by atoms with van der Waals surface area (Å²) in [6, 6.07) is -1.32. The van der Waals surface area contributed by atoms with Gasteiger partial charge in [0.15, 0.2) is 0 Å². The highest BCUT2D eigenvalue weighted by Gasteiger charge is 2.25. The van der Waals surface area contributed by atoms with Crippen molar-refractivity contribution in [2.45, 2.75) is 71.4 Å². The molecule has 0 saturated carbocycles. The first-order valence-electron chi connectivity index (χ1n) is 10.8. The molecule has 1 aliphatic heterocycles. The molecule has 0 unspecified atom stereocenters. The van der Waals surface area contributed by atoms with Gasteiger partial charge in [-0.05, 0) is 38.5 Å². The van der Waals surface area contributed by atoms with Gasteiger partial charge in [0.1, 0.15) is 6.04 Å². The standard InChI is InChI=1S/C21H35N5O5/c1-14(2)19(20(30)24-15(3)8-7-12-23-21(22)31)25-16(27)9-5-4-6-13-26-17(28)10-11-18(26)29/h10-11,14-15,19H,4-9,12-13H2,1-3H3,(H,24,30)(H,25,27)(H3,22,23,31)/t15-,19+/m1/s1. The van der Waals surface area contributed by atoms with Crippen LogP contribution in [0.15, 0.2) is 12.2 Å². The maximum atomic E-state index is 12.6. The first-order valence-corrected chi connectivity index (χ1v) is 10.8. The van der Waals surface area contributed by atoms with Crippen molar-refractivity contribution in [3.05, 3.63) is 12.2 Å². The average molecular weight is 438 g/mol. The zero-order valence-electron chi connectivity index (χ0n) is 18.6. The lowest BCUT2D eigenvalue weighted by Crippen LogP contribution is -2.51. The Morgan fingerprint density at radius 3 is 2.19 bits per heavy atom. The van der Waals surface area contributed by atoms with Gasteiger partial charge >= 0.3 is 6.03 Å². The van der Waals surface area contributed by atoms with Crippen LogP contribution in [-0.4, -0.2) is 59.7 Å². The molecule has 1 heterocycles. The fraction of sp³-hybridized carbons (Fsp3) is 0.667. The monoisotopic (exact) mass is 437 g/mol. The summed E-state index contributed by atoms with van der Waals surface area (Å²) in [6.07, 6.45) is 6.05. The zero-order chi connectivity index (χ0) is 23.4. The molecule has 1 aliphatic rings. The van der Waals surface area contributed by atoms with Crippen molar-refractivity contribution in [2.75, 3.05) is 13.1 Å². The molecule has 174 valence electrons. The smallest absolute Gasteiger partial charge is 0.312 e. The number of nitrogens with two attached hydrogens (primary N) is 1. The molecule has 31 heavy (non-hydrogen) atoms. The molecule has 0 aromatic heterocycles. The second-order valence-corrected chi connectivity index (χ2v) is 8.10. The van der Waals surface area contributed by atoms with E-state index < -0.39 is 12.1 Å². The molecule has 0 aromatic rings. The van der Waals surface area contributed by atoms with Crippen molar-refractivity contribution in [2.24, 2.45) is 11.7 Å². The second-order valence-electron chi connectivity index (χ2n) is 8.10. The Bertz CT molecular complexity index is 674. The Morgan fingerprint density at radius 2 is 1.61 bits per heavy atom. The van der Waals surface area contributed by atoms with Crippen LogP contribution >= 0.6 is 0 Å². The number of urea groups is 1. The summed E-state index contributed by atoms with van der Waals surface area (Å²) in [5.74, 6) is -1.12. The predicted molar refractivity (Wildman–Crippen MR) is 116 cm³/mol. The lowest BCUT2D eigenvalue weighted by molar-refractivity contribution is -0.137. The number of carbonyl (C=O) groups excluding carboxylic acids is 5. The molecule has 10 heteroatoms. The van der Waals surface area contributed by atoms with E-state index in [0.29, 0.717) is 45.2 Å². The van der Waals surface area contributed by atoms with Crippen molar-refractivity contribution >= 4 is 29.7 Å². The number of hydrogen-bond donors (Lipinski definition) is 4. The molecule has 0 radical (unpaired) electrons. The Balaban J connectivity index is 2.29. The Morgan fingerprint density at radius 1 is 0.968 bits per heavy atom. The number of amides is 6. The van der Waals surface area contributed by atoms with Gasteiger partial charge in [-0.3, -0.25) is 24.1 Å². The lowest BCUT2D eigenvalue weighted by Gasteiger charge is -2.24. The fourth-order valence-corrected chi connectivity index (χ4v) is 3.19. The van der Waals surface area contributed by atoms with Gasteiger partial charge in [-0.15, -0.1) is 0 Å². The van der Waals surface area contributed by atoms with Gasteiger partial charge in [-0.1, -0.05) is 20.3 Å². The summed E-state index contributed by atoms with van der Waals surface area (Å²) in [5, 5.41) is 8.19. The van der Waals surface area contributed by atoms with Gasteiger partial charge in [0.25, 0.3) is 11.8 Å². The lowest BCUT2D eigenvalue weighted by atomic mass is 10.0. The van der Waals surface area contributed by atoms with E-state index in [2.05, 4.69) is 16.0 Å². The summed E-state index contributed by atoms with van der Waals surface area (Å²) in [5.41, 5.74) is 5.01. The van der Waals surface area contributed by atoms with E-state index in [1.165, 1.54) is 17.1 Å². The number of hydrogen-bond acceptors (Lipinski definition) is 5. The topological polar surface area (TPSA) is 151 Å². The number of unbranched alkanes of at least 4 members (excludes halogenated alkanes) is 2. The maximum Gasteiger partial charge on any atom is 0.312 e. The van der Waals surface area contributed by atoms with Crippen LogP contribution < -0.4 is 21.7 Å². The molecule has 0 saturated heterocycles. The molecule has 0 aliphatic carbocycles. The van der Waals surface area contributed by atoms with Gasteiger partial charge in [-0.25, -0.2) is 4.79 Å². The van der Waals surface area contributed by atoms with Crippen LogP contribution in [0.4, 0.5) is 4.79 Å². The normalized spacial score (nSPS) is 15.2. The largest absolute Gasteiger partial charge is 0.352 e. The maximum absolute atomic E-state index is 12.6. The summed E-state index contributed by atoms with van der Waals surface area (Å²) in [4.78, 5) is 59.6. The number of nitrogens with zero attached hydrogens (tertiary/aromatic N) is 1. The van der Waals surface area contributed by atoms with Gasteiger partial charge in [-0.2, -0.15) is 0 Å². The van der Waals surface area contributed by atoms with Gasteiger partial charge in [0.2, 0.25) is 11.8 Å². The second kappa shape index (κ2) is 13.4. The van der Waals surface area contributed by atoms with E-state index >= 15 is 0 Å². The molecule has 6 amide bonds. The van der Waals surface area contributed by atoms with Crippen LogP contribution in [0.3, 0.4) is 0 Å². The van der Waals surface area contributed by atoms with Gasteiger partial charge in [0, 0.05) is 37.7 Å². The fourth-order valence-electron chi connectivity index (χ4n) is 3.19. The van der Waals surface area contributed by atoms with E-state index in [0.717, 1.165) is 0 Å². The minimum absolute atomic E-state index is 0.0765. The Kier molecular flexibility index (Phi) is 11.3. The number of imide groups is 1. The highest BCUT2D eigenvalue weighted by Crippen LogP contribution is 2.09. The van der Waals surface area contributed by atoms with E-state index in [4.69, 9.17) is 5.73 Å². The van der Waals surface area contributed by atoms with Crippen molar-refractivity contribution in [3.8, 4) is 0 Å². The van der Waals surface area contributed by atoms with E-state index in [-0.39, 0.29) is 42.0 Å². The minimum Gasteiger partial charge on any atom is -0.352 e. The van der Waals surface area contributed by atoms with Crippen LogP contribution in [0, 0.1) is 5.92 Å². The number of nitrogens with one attached hydrogen (secondary N) is 3. The average Bonchev–Trinajstić information content (AvgIpc) is 3.00. The van der Waals surface area contributed by atoms with Crippen molar-refractivity contribution in [3.63, 3.8) is 0 Å². The molecule has 1 rings (SSSR count). The summed E-state index contributed by atoms with van der Waals surface area (Å²) in [7, 11) is 0. The van der Waals surface area contributed by atoms with E-state index in [1.54, 1.807) is 0 Å². The van der Waals surface area contributed by atoms with Crippen LogP contribution in [0.1, 0.15) is 59.3 Å². The molecule has 5 N–H and O–H groups in total. The highest BCUT2D eigenvalue weighted by molar-refractivity contribution is 6.12. The van der Waals surface area contributed by atoms with Crippen LogP contribution in [0.5, 0.6) is 0 Å². The summed E-state index contributed by atoms with van der Waals surface area (Å²) < 4.78 is 0.